The minimum Gasteiger partial charge on any atom is -0.366 e. The summed E-state index contributed by atoms with van der Waals surface area (Å²) >= 11 is 0. The first-order chi connectivity index (χ1) is 7.75. The minimum atomic E-state index is -0.444. The first-order valence-electron chi connectivity index (χ1n) is 4.78. The van der Waals surface area contributed by atoms with Crippen LogP contribution in [-0.2, 0) is 0 Å². The molecule has 1 aromatic carbocycles. The number of carbonyl (C=O) groups is 1. The summed E-state index contributed by atoms with van der Waals surface area (Å²) in [6.45, 7) is 0. The highest BCUT2D eigenvalue weighted by atomic mass is 35.5. The van der Waals surface area contributed by atoms with Crippen LogP contribution < -0.4 is 5.73 Å². The van der Waals surface area contributed by atoms with Crippen LogP contribution in [0.15, 0.2) is 36.7 Å². The first-order valence-corrected chi connectivity index (χ1v) is 4.78. The van der Waals surface area contributed by atoms with Gasteiger partial charge in [0.1, 0.15) is 0 Å². The first kappa shape index (κ1) is 11.3. The Morgan fingerprint density at radius 3 is 2.94 bits per heavy atom. The number of imidazole rings is 1. The van der Waals surface area contributed by atoms with E-state index in [1.165, 1.54) is 0 Å². The average Bonchev–Trinajstić information content (AvgIpc) is 2.66. The number of nitrogens with zero attached hydrogens (tertiary/aromatic N) is 3. The van der Waals surface area contributed by atoms with Crippen LogP contribution in [-0.4, -0.2) is 20.3 Å². The number of hydrogen-bond acceptors (Lipinski definition) is 3. The van der Waals surface area contributed by atoms with Crippen molar-refractivity contribution in [2.24, 2.45) is 5.73 Å². The number of aromatic nitrogens is 3. The minimum absolute atomic E-state index is 0. The molecule has 1 amide bonds. The number of carbonyl (C=O) groups excluding carboxylic acids is 1. The lowest BCUT2D eigenvalue weighted by Crippen LogP contribution is -2.10. The van der Waals surface area contributed by atoms with E-state index >= 15 is 0 Å². The zero-order chi connectivity index (χ0) is 11.1. The third-order valence-electron chi connectivity index (χ3n) is 2.47. The van der Waals surface area contributed by atoms with Crippen LogP contribution in [0.3, 0.4) is 0 Å². The Morgan fingerprint density at radius 2 is 2.18 bits per heavy atom. The van der Waals surface area contributed by atoms with Gasteiger partial charge in [-0.1, -0.05) is 0 Å². The highest BCUT2D eigenvalue weighted by Crippen LogP contribution is 2.16. The second-order valence-corrected chi connectivity index (χ2v) is 3.47. The molecule has 3 rings (SSSR count). The van der Waals surface area contributed by atoms with Crippen LogP contribution in [0.2, 0.25) is 0 Å². The van der Waals surface area contributed by atoms with Gasteiger partial charge in [0.15, 0.2) is 0 Å². The summed E-state index contributed by atoms with van der Waals surface area (Å²) in [4.78, 5) is 19.5. The maximum absolute atomic E-state index is 11.1. The molecule has 86 valence electrons. The molecule has 0 aliphatic carbocycles. The van der Waals surface area contributed by atoms with Crippen molar-refractivity contribution in [3.8, 4) is 0 Å². The maximum Gasteiger partial charge on any atom is 0.248 e. The van der Waals surface area contributed by atoms with Crippen LogP contribution >= 0.6 is 12.4 Å². The quantitative estimate of drug-likeness (QED) is 0.708. The Morgan fingerprint density at radius 1 is 1.35 bits per heavy atom. The summed E-state index contributed by atoms with van der Waals surface area (Å²) in [5.41, 5.74) is 7.33. The summed E-state index contributed by atoms with van der Waals surface area (Å²) in [5.74, 6) is 0.167. The van der Waals surface area contributed by atoms with Crippen molar-refractivity contribution in [1.82, 2.24) is 14.4 Å². The average molecular weight is 249 g/mol. The van der Waals surface area contributed by atoms with Crippen LogP contribution in [0.1, 0.15) is 10.4 Å². The number of rotatable bonds is 1. The van der Waals surface area contributed by atoms with E-state index in [1.54, 1.807) is 24.4 Å². The number of hydrogen-bond donors (Lipinski definition) is 1. The van der Waals surface area contributed by atoms with E-state index in [0.717, 1.165) is 11.0 Å². The van der Waals surface area contributed by atoms with Gasteiger partial charge in [-0.05, 0) is 24.3 Å². The lowest BCUT2D eigenvalue weighted by atomic mass is 10.2. The van der Waals surface area contributed by atoms with Crippen LogP contribution in [0.5, 0.6) is 0 Å². The van der Waals surface area contributed by atoms with Gasteiger partial charge in [-0.25, -0.2) is 9.97 Å². The molecular formula is C11H9ClN4O. The van der Waals surface area contributed by atoms with Crippen molar-refractivity contribution < 1.29 is 4.79 Å². The van der Waals surface area contributed by atoms with Crippen molar-refractivity contribution in [1.29, 1.82) is 0 Å². The summed E-state index contributed by atoms with van der Waals surface area (Å²) < 4.78 is 1.82. The summed E-state index contributed by atoms with van der Waals surface area (Å²) in [6.07, 6.45) is 3.53. The highest BCUT2D eigenvalue weighted by molar-refractivity contribution is 5.96. The second kappa shape index (κ2) is 4.03. The van der Waals surface area contributed by atoms with E-state index in [-0.39, 0.29) is 12.4 Å². The SMILES string of the molecule is Cl.NC(=O)c1ccc2nc3ncccn3c2c1. The number of halogens is 1. The highest BCUT2D eigenvalue weighted by Gasteiger charge is 2.07. The van der Waals surface area contributed by atoms with Crippen molar-refractivity contribution in [2.75, 3.05) is 0 Å². The Hall–Kier alpha value is -2.14. The molecule has 0 radical (unpaired) electrons. The van der Waals surface area contributed by atoms with Gasteiger partial charge in [0.2, 0.25) is 11.7 Å². The van der Waals surface area contributed by atoms with Gasteiger partial charge in [-0.3, -0.25) is 9.20 Å². The van der Waals surface area contributed by atoms with Gasteiger partial charge in [-0.15, -0.1) is 12.4 Å². The van der Waals surface area contributed by atoms with E-state index in [0.29, 0.717) is 11.3 Å². The zero-order valence-corrected chi connectivity index (χ0v) is 9.52. The van der Waals surface area contributed by atoms with Gasteiger partial charge in [0.05, 0.1) is 11.0 Å². The molecule has 0 fully saturated rings. The maximum atomic E-state index is 11.1. The van der Waals surface area contributed by atoms with E-state index in [1.807, 2.05) is 16.7 Å². The van der Waals surface area contributed by atoms with Crippen molar-refractivity contribution in [3.05, 3.63) is 42.2 Å². The van der Waals surface area contributed by atoms with Crippen LogP contribution in [0.25, 0.3) is 16.8 Å². The summed E-state index contributed by atoms with van der Waals surface area (Å²) in [7, 11) is 0. The molecule has 2 N–H and O–H groups in total. The van der Waals surface area contributed by atoms with Crippen LogP contribution in [0.4, 0.5) is 0 Å². The predicted molar refractivity (Wildman–Crippen MR) is 66.3 cm³/mol. The number of primary amides is 1. The van der Waals surface area contributed by atoms with Gasteiger partial charge in [0.25, 0.3) is 0 Å². The van der Waals surface area contributed by atoms with Gasteiger partial charge in [-0.2, -0.15) is 0 Å². The molecule has 0 atom stereocenters. The molecule has 0 aliphatic heterocycles. The molecule has 0 spiro atoms. The fourth-order valence-electron chi connectivity index (χ4n) is 1.71. The van der Waals surface area contributed by atoms with E-state index < -0.39 is 5.91 Å². The lowest BCUT2D eigenvalue weighted by molar-refractivity contribution is 0.100. The summed E-state index contributed by atoms with van der Waals surface area (Å²) in [6, 6.07) is 6.96. The molecule has 6 heteroatoms. The van der Waals surface area contributed by atoms with E-state index in [9.17, 15) is 4.79 Å². The number of nitrogens with two attached hydrogens (primary N) is 1. The van der Waals surface area contributed by atoms with E-state index in [4.69, 9.17) is 5.73 Å². The number of amides is 1. The second-order valence-electron chi connectivity index (χ2n) is 3.47. The largest absolute Gasteiger partial charge is 0.366 e. The zero-order valence-electron chi connectivity index (χ0n) is 8.70. The molecule has 3 aromatic rings. The smallest absolute Gasteiger partial charge is 0.248 e. The Kier molecular flexibility index (Phi) is 2.69. The van der Waals surface area contributed by atoms with Gasteiger partial charge < -0.3 is 5.73 Å². The monoisotopic (exact) mass is 248 g/mol. The fraction of sp³-hybridized carbons (Fsp3) is 0. The predicted octanol–water partition coefficient (Wildman–Crippen LogP) is 1.40. The third-order valence-corrected chi connectivity index (χ3v) is 2.47. The van der Waals surface area contributed by atoms with Gasteiger partial charge in [0, 0.05) is 18.0 Å². The fourth-order valence-corrected chi connectivity index (χ4v) is 1.71. The molecule has 0 saturated heterocycles. The topological polar surface area (TPSA) is 73.3 Å². The van der Waals surface area contributed by atoms with Crippen molar-refractivity contribution in [2.45, 2.75) is 0 Å². The molecule has 0 unspecified atom stereocenters. The molecule has 0 saturated carbocycles. The summed E-state index contributed by atoms with van der Waals surface area (Å²) in [5, 5.41) is 0. The molecular weight excluding hydrogens is 240 g/mol. The molecule has 5 nitrogen and oxygen atoms in total. The lowest BCUT2D eigenvalue weighted by Gasteiger charge is -1.96. The Balaban J connectivity index is 0.00000108. The normalized spacial score (nSPS) is 10.4. The van der Waals surface area contributed by atoms with Crippen molar-refractivity contribution >= 4 is 35.1 Å². The Bertz CT molecular complexity index is 707. The molecule has 0 aliphatic rings. The third kappa shape index (κ3) is 1.70. The molecule has 2 heterocycles. The number of benzene rings is 1. The standard InChI is InChI=1S/C11H8N4O.ClH/c12-10(16)7-2-3-8-9(6-7)15-5-1-4-13-11(15)14-8;/h1-6H,(H2,12,16);1H. The number of fused-ring (bicyclic) bond motifs is 3. The Labute approximate surface area is 103 Å². The van der Waals surface area contributed by atoms with E-state index in [2.05, 4.69) is 9.97 Å². The molecule has 0 bridgehead atoms. The molecule has 2 aromatic heterocycles. The van der Waals surface area contributed by atoms with Crippen molar-refractivity contribution in [3.63, 3.8) is 0 Å². The van der Waals surface area contributed by atoms with Gasteiger partial charge >= 0.3 is 0 Å². The van der Waals surface area contributed by atoms with Crippen LogP contribution in [0, 0.1) is 0 Å². The molecule has 17 heavy (non-hydrogen) atoms.